The molecule has 0 aliphatic heterocycles. The Labute approximate surface area is 174 Å². The van der Waals surface area contributed by atoms with Crippen molar-refractivity contribution >= 4 is 16.7 Å². The van der Waals surface area contributed by atoms with E-state index >= 15 is 0 Å². The van der Waals surface area contributed by atoms with Crippen LogP contribution in [0, 0.1) is 0 Å². The van der Waals surface area contributed by atoms with E-state index in [2.05, 4.69) is 16.0 Å². The minimum atomic E-state index is 0.528. The van der Waals surface area contributed by atoms with Crippen molar-refractivity contribution in [2.45, 2.75) is 0 Å². The van der Waals surface area contributed by atoms with E-state index in [0.29, 0.717) is 28.7 Å². The number of H-pyrrole nitrogens is 1. The molecule has 1 heterocycles. The van der Waals surface area contributed by atoms with Crippen LogP contribution in [0.4, 0.5) is 5.69 Å². The number of ether oxygens (including phenoxy) is 4. The Morgan fingerprint density at radius 2 is 1.47 bits per heavy atom. The summed E-state index contributed by atoms with van der Waals surface area (Å²) in [5, 5.41) is 0. The van der Waals surface area contributed by atoms with Crippen molar-refractivity contribution in [2.24, 2.45) is 0 Å². The van der Waals surface area contributed by atoms with Gasteiger partial charge < -0.3 is 29.7 Å². The van der Waals surface area contributed by atoms with Crippen molar-refractivity contribution in [1.29, 1.82) is 0 Å². The molecule has 3 aromatic carbocycles. The zero-order chi connectivity index (χ0) is 21.3. The van der Waals surface area contributed by atoms with Gasteiger partial charge in [0.1, 0.15) is 5.75 Å². The number of nitrogen functional groups attached to an aromatic ring is 1. The maximum absolute atomic E-state index is 6.13. The molecule has 154 valence electrons. The van der Waals surface area contributed by atoms with Crippen LogP contribution >= 0.6 is 0 Å². The molecular formula is C23H23N3O4. The van der Waals surface area contributed by atoms with Crippen LogP contribution in [0.2, 0.25) is 0 Å². The van der Waals surface area contributed by atoms with Gasteiger partial charge in [0, 0.05) is 11.1 Å². The Morgan fingerprint density at radius 1 is 0.733 bits per heavy atom. The Bertz CT molecular complexity index is 1220. The van der Waals surface area contributed by atoms with Crippen molar-refractivity contribution in [2.75, 3.05) is 34.2 Å². The fourth-order valence-electron chi connectivity index (χ4n) is 3.65. The fourth-order valence-corrected chi connectivity index (χ4v) is 3.65. The molecule has 0 saturated carbocycles. The maximum atomic E-state index is 6.13. The molecule has 0 spiro atoms. The van der Waals surface area contributed by atoms with E-state index in [1.807, 2.05) is 36.4 Å². The highest BCUT2D eigenvalue weighted by Gasteiger charge is 2.20. The summed E-state index contributed by atoms with van der Waals surface area (Å²) in [6, 6.07) is 13.6. The van der Waals surface area contributed by atoms with E-state index in [9.17, 15) is 0 Å². The predicted molar refractivity (Wildman–Crippen MR) is 118 cm³/mol. The van der Waals surface area contributed by atoms with Crippen molar-refractivity contribution in [3.63, 3.8) is 0 Å². The first-order chi connectivity index (χ1) is 14.6. The summed E-state index contributed by atoms with van der Waals surface area (Å²) in [4.78, 5) is 7.72. The van der Waals surface area contributed by atoms with Gasteiger partial charge in [0.25, 0.3) is 0 Å². The van der Waals surface area contributed by atoms with E-state index in [0.717, 1.165) is 33.3 Å². The number of aromatic nitrogens is 2. The zero-order valence-electron chi connectivity index (χ0n) is 17.3. The molecule has 1 aromatic heterocycles. The van der Waals surface area contributed by atoms with E-state index in [1.54, 1.807) is 34.8 Å². The van der Waals surface area contributed by atoms with Gasteiger partial charge >= 0.3 is 0 Å². The van der Waals surface area contributed by atoms with Crippen LogP contribution in [-0.2, 0) is 0 Å². The Morgan fingerprint density at radius 3 is 2.13 bits per heavy atom. The molecule has 0 amide bonds. The topological polar surface area (TPSA) is 91.6 Å². The molecule has 30 heavy (non-hydrogen) atoms. The van der Waals surface area contributed by atoms with E-state index in [-0.39, 0.29) is 0 Å². The molecule has 4 rings (SSSR count). The van der Waals surface area contributed by atoms with Crippen LogP contribution in [0.3, 0.4) is 0 Å². The molecule has 0 aliphatic carbocycles. The third-order valence-electron chi connectivity index (χ3n) is 5.08. The summed E-state index contributed by atoms with van der Waals surface area (Å²) in [5.74, 6) is 2.34. The van der Waals surface area contributed by atoms with E-state index in [4.69, 9.17) is 24.7 Å². The van der Waals surface area contributed by atoms with Crippen LogP contribution < -0.4 is 24.7 Å². The summed E-state index contributed by atoms with van der Waals surface area (Å²) < 4.78 is 22.0. The summed E-state index contributed by atoms with van der Waals surface area (Å²) in [6.45, 7) is 0. The molecular weight excluding hydrogens is 382 g/mol. The number of nitrogens with two attached hydrogens (primary N) is 1. The van der Waals surface area contributed by atoms with Crippen molar-refractivity contribution in [1.82, 2.24) is 9.97 Å². The minimum Gasteiger partial charge on any atom is -0.495 e. The quantitative estimate of drug-likeness (QED) is 0.459. The van der Waals surface area contributed by atoms with Crippen molar-refractivity contribution < 1.29 is 18.9 Å². The summed E-state index contributed by atoms with van der Waals surface area (Å²) in [5.41, 5.74) is 12.1. The number of imidazole rings is 1. The van der Waals surface area contributed by atoms with Gasteiger partial charge in [-0.05, 0) is 47.5 Å². The normalized spacial score (nSPS) is 10.8. The molecule has 0 unspecified atom stereocenters. The van der Waals surface area contributed by atoms with Gasteiger partial charge in [0.15, 0.2) is 11.5 Å². The van der Waals surface area contributed by atoms with Gasteiger partial charge in [-0.1, -0.05) is 6.07 Å². The fraction of sp³-hybridized carbons (Fsp3) is 0.174. The van der Waals surface area contributed by atoms with E-state index in [1.165, 1.54) is 0 Å². The largest absolute Gasteiger partial charge is 0.495 e. The first kappa shape index (κ1) is 19.4. The van der Waals surface area contributed by atoms with Crippen molar-refractivity contribution in [3.05, 3.63) is 48.8 Å². The van der Waals surface area contributed by atoms with Crippen LogP contribution in [0.1, 0.15) is 0 Å². The van der Waals surface area contributed by atoms with E-state index < -0.39 is 0 Å². The highest BCUT2D eigenvalue weighted by atomic mass is 16.5. The van der Waals surface area contributed by atoms with Crippen LogP contribution in [-0.4, -0.2) is 38.4 Å². The number of nitrogens with one attached hydrogen (secondary N) is 1. The van der Waals surface area contributed by atoms with Gasteiger partial charge in [-0.25, -0.2) is 4.98 Å². The highest BCUT2D eigenvalue weighted by Crippen LogP contribution is 2.46. The van der Waals surface area contributed by atoms with Gasteiger partial charge in [0.05, 0.1) is 51.5 Å². The van der Waals surface area contributed by atoms with Gasteiger partial charge in [-0.15, -0.1) is 0 Å². The number of hydrogen-bond donors (Lipinski definition) is 2. The molecule has 0 saturated heterocycles. The summed E-state index contributed by atoms with van der Waals surface area (Å²) >= 11 is 0. The Balaban J connectivity index is 1.97. The zero-order valence-corrected chi connectivity index (χ0v) is 17.3. The molecule has 0 fully saturated rings. The third-order valence-corrected chi connectivity index (χ3v) is 5.08. The number of hydrogen-bond acceptors (Lipinski definition) is 6. The number of nitrogens with zero attached hydrogens (tertiary/aromatic N) is 1. The lowest BCUT2D eigenvalue weighted by Crippen LogP contribution is -1.97. The second-order valence-electron chi connectivity index (χ2n) is 6.66. The summed E-state index contributed by atoms with van der Waals surface area (Å²) in [6.07, 6.45) is 1.67. The van der Waals surface area contributed by atoms with Crippen LogP contribution in [0.15, 0.2) is 48.8 Å². The number of fused-ring (bicyclic) bond motifs is 1. The average molecular weight is 405 g/mol. The Kier molecular flexibility index (Phi) is 5.10. The third kappa shape index (κ3) is 3.14. The first-order valence-electron chi connectivity index (χ1n) is 9.31. The van der Waals surface area contributed by atoms with Gasteiger partial charge in [-0.2, -0.15) is 0 Å². The van der Waals surface area contributed by atoms with Crippen LogP contribution in [0.5, 0.6) is 23.0 Å². The number of aromatic amines is 1. The molecule has 4 aromatic rings. The second kappa shape index (κ2) is 7.87. The SMILES string of the molecule is COc1ccc(-c2cc(-c3ccc(OC)c(OC)c3OC)c3nc[nH]c3c2)cc1N. The lowest BCUT2D eigenvalue weighted by molar-refractivity contribution is 0.325. The molecule has 0 bridgehead atoms. The average Bonchev–Trinajstić information content (AvgIpc) is 3.26. The smallest absolute Gasteiger partial charge is 0.203 e. The molecule has 0 aliphatic rings. The number of rotatable bonds is 6. The molecule has 7 nitrogen and oxygen atoms in total. The molecule has 7 heteroatoms. The molecule has 3 N–H and O–H groups in total. The standard InChI is InChI=1S/C23H23N3O4/c1-27-19-7-5-13(10-17(19)24)14-9-16(21-18(11-14)25-12-26-21)15-6-8-20(28-2)23(30-4)22(15)29-3/h5-12H,24H2,1-4H3,(H,25,26). The lowest BCUT2D eigenvalue weighted by atomic mass is 9.96. The van der Waals surface area contributed by atoms with Crippen LogP contribution in [0.25, 0.3) is 33.3 Å². The first-order valence-corrected chi connectivity index (χ1v) is 9.31. The molecule has 0 atom stereocenters. The lowest BCUT2D eigenvalue weighted by Gasteiger charge is -2.17. The number of benzene rings is 3. The van der Waals surface area contributed by atoms with Gasteiger partial charge in [-0.3, -0.25) is 0 Å². The van der Waals surface area contributed by atoms with Gasteiger partial charge in [0.2, 0.25) is 5.75 Å². The second-order valence-corrected chi connectivity index (χ2v) is 6.66. The predicted octanol–water partition coefficient (Wildman–Crippen LogP) is 4.51. The highest BCUT2D eigenvalue weighted by molar-refractivity contribution is 5.98. The summed E-state index contributed by atoms with van der Waals surface area (Å²) in [7, 11) is 6.39. The Hall–Kier alpha value is -3.87. The molecule has 0 radical (unpaired) electrons. The van der Waals surface area contributed by atoms with Crippen molar-refractivity contribution in [3.8, 4) is 45.3 Å². The number of methoxy groups -OCH3 is 4. The minimum absolute atomic E-state index is 0.528. The number of anilines is 1. The maximum Gasteiger partial charge on any atom is 0.203 e. The monoisotopic (exact) mass is 405 g/mol.